The molecule has 1 aromatic heterocycles. The smallest absolute Gasteiger partial charge is 0.305 e. The lowest BCUT2D eigenvalue weighted by atomic mass is 9.94. The van der Waals surface area contributed by atoms with Crippen LogP contribution < -0.4 is 86.3 Å². The summed E-state index contributed by atoms with van der Waals surface area (Å²) in [7, 11) is 1.38. The van der Waals surface area contributed by atoms with Gasteiger partial charge in [-0.15, -0.1) is 0 Å². The molecule has 0 aliphatic carbocycles. The van der Waals surface area contributed by atoms with Gasteiger partial charge in [0.05, 0.1) is 70.5 Å². The van der Waals surface area contributed by atoms with E-state index in [-0.39, 0.29) is 90.0 Å². The zero-order chi connectivity index (χ0) is 101. The number of carboxylic acid groups (broad SMARTS) is 1. The number of carbonyl (C=O) groups is 17. The number of ether oxygens (including phenoxy) is 6. The maximum absolute atomic E-state index is 15.2. The number of aliphatic imine (C=N–C) groups is 1. The van der Waals surface area contributed by atoms with Crippen LogP contribution in [-0.4, -0.2) is 437 Å². The van der Waals surface area contributed by atoms with Gasteiger partial charge in [0.15, 0.2) is 24.8 Å². The Labute approximate surface area is 778 Å². The number of nitrogens with two attached hydrogens (primary N) is 3. The fourth-order valence-electron chi connectivity index (χ4n) is 16.1. The van der Waals surface area contributed by atoms with Crippen LogP contribution in [0, 0.1) is 5.92 Å². The van der Waals surface area contributed by atoms with Gasteiger partial charge in [-0.2, -0.15) is 0 Å². The third-order valence-electron chi connectivity index (χ3n) is 23.4. The Morgan fingerprint density at radius 3 is 1.61 bits per heavy atom. The van der Waals surface area contributed by atoms with Gasteiger partial charge in [0.25, 0.3) is 0 Å². The van der Waals surface area contributed by atoms with E-state index >= 15 is 4.79 Å². The summed E-state index contributed by atoms with van der Waals surface area (Å²) in [4.78, 5) is 248. The number of aliphatic hydroxyl groups excluding tert-OH is 10. The fraction of sp³-hybridized carbons (Fsp3) is 0.738. The number of carbonyl (C=O) groups excluding carboxylic acids is 16. The van der Waals surface area contributed by atoms with Crippen molar-refractivity contribution in [3.05, 3.63) is 18.2 Å². The Balaban J connectivity index is 1.10. The summed E-state index contributed by atoms with van der Waals surface area (Å²) in [5.41, 5.74) is 17.6. The van der Waals surface area contributed by atoms with E-state index < -0.39 is 322 Å². The van der Waals surface area contributed by atoms with Crippen molar-refractivity contribution in [2.75, 3.05) is 72.7 Å². The van der Waals surface area contributed by atoms with Gasteiger partial charge >= 0.3 is 5.97 Å². The molecule has 6 aliphatic rings. The molecule has 56 heteroatoms. The molecule has 20 unspecified atom stereocenters. The van der Waals surface area contributed by atoms with E-state index in [0.29, 0.717) is 12.1 Å². The number of nitrogens with zero attached hydrogens (tertiary/aromatic N) is 5. The van der Waals surface area contributed by atoms with Crippen molar-refractivity contribution in [3.8, 4) is 0 Å². The van der Waals surface area contributed by atoms with E-state index in [0.717, 1.165) is 44.4 Å². The van der Waals surface area contributed by atoms with Crippen molar-refractivity contribution in [1.29, 1.82) is 0 Å². The maximum Gasteiger partial charge on any atom is 0.305 e. The van der Waals surface area contributed by atoms with Crippen molar-refractivity contribution in [2.24, 2.45) is 28.1 Å². The second-order valence-electron chi connectivity index (χ2n) is 34.1. The molecule has 136 heavy (non-hydrogen) atoms. The number of likely N-dealkylation sites (N-methyl/N-ethyl adjacent to an activating group) is 1. The summed E-state index contributed by atoms with van der Waals surface area (Å²) in [6.07, 6.45) is -27.2. The summed E-state index contributed by atoms with van der Waals surface area (Å²) in [5.74, 6) is -18.7. The first-order valence-corrected chi connectivity index (χ1v) is 44.3. The van der Waals surface area contributed by atoms with Crippen molar-refractivity contribution < 1.29 is 166 Å². The number of amides is 16. The molecule has 1 aromatic rings. The van der Waals surface area contributed by atoms with Crippen LogP contribution in [-0.2, 0) is 116 Å². The predicted molar refractivity (Wildman–Crippen MR) is 460 cm³/mol. The van der Waals surface area contributed by atoms with Crippen LogP contribution in [0.2, 0.25) is 0 Å². The molecule has 7 rings (SSSR count). The molecule has 0 spiro atoms. The highest BCUT2D eigenvalue weighted by Crippen LogP contribution is 2.33. The highest BCUT2D eigenvalue weighted by Gasteiger charge is 2.55. The number of carboxylic acids is 1. The maximum atomic E-state index is 15.2. The molecule has 0 bridgehead atoms. The first-order chi connectivity index (χ1) is 64.2. The van der Waals surface area contributed by atoms with Crippen LogP contribution >= 0.6 is 0 Å². The van der Waals surface area contributed by atoms with Crippen molar-refractivity contribution in [3.63, 3.8) is 0 Å². The zero-order valence-corrected chi connectivity index (χ0v) is 76.4. The molecule has 6 saturated heterocycles. The number of hydrogen-bond donors (Lipinski definition) is 28. The summed E-state index contributed by atoms with van der Waals surface area (Å²) in [6.45, 7) is 3.89. The average Bonchev–Trinajstić information content (AvgIpc) is 1.07. The molecule has 6 aliphatic heterocycles. The number of guanidine groups is 1. The number of H-pyrrole nitrogens is 1. The van der Waals surface area contributed by atoms with Gasteiger partial charge in [-0.25, -0.2) is 4.98 Å². The van der Waals surface area contributed by atoms with E-state index in [1.165, 1.54) is 45.2 Å². The first kappa shape index (κ1) is 112. The lowest BCUT2D eigenvalue weighted by Gasteiger charge is -2.48. The number of aliphatic hydroxyl groups is 10. The van der Waals surface area contributed by atoms with Gasteiger partial charge in [0, 0.05) is 65.4 Å². The van der Waals surface area contributed by atoms with Gasteiger partial charge < -0.3 is 191 Å². The number of nitrogens with one attached hydrogen (secondary N) is 14. The van der Waals surface area contributed by atoms with Crippen LogP contribution in [0.5, 0.6) is 0 Å². The van der Waals surface area contributed by atoms with E-state index in [1.54, 1.807) is 0 Å². The van der Waals surface area contributed by atoms with E-state index in [2.05, 4.69) is 84.1 Å². The van der Waals surface area contributed by atoms with Crippen LogP contribution in [0.3, 0.4) is 0 Å². The standard InChI is InChI=1S/C80H130N22O34/c1-32(2)53(97-51(110)26-87-65(119)40(81)22-39-24-85-31-89-39)71(125)99-55(36(6)132-78-57(93-38(8)108)64(136-79-63(118)62(117)59(114)48(29-105)134-79)60(115)49(135-78)30-131-77-56(92-37(7)107)61(116)58(113)47(28-104)133-77)73(127)96-43(27-103)67(121)90-33(3)74(128)101-20-12-17-46(101)70(124)95-42(23-52(111)112)66(120)98-54(35(5)106)72(126)94-41(14-10-18-86-80(82)83)76(130)102-21-13-16-45(102)69(123)91-34(4)75(129)100-19-11-15-44(100)68(122)88-25-50(109)84-9/h24,31-36,40-49,53-64,77-79,103-106,113-118H,10-23,25-30,81H2,1-9H3,(H,84,109)(H,85,89)(H,87,119)(H,88,122)(H,90,121)(H,91,123)(H,92,107)(H,93,108)(H,94,126)(H,95,124)(H,96,127)(H,97,110)(H,98,120)(H,99,125)(H,111,112)(H4,82,83,86)/t33?,34?,35?,36?,40?,41?,42?,43?,44?,45?,46?,47-,48-,49-,53?,54?,55?,56?,57?,58-,59-,60-,61?,62?,63?,64?,77+,78+,79-/m1/s1. The summed E-state index contributed by atoms with van der Waals surface area (Å²) < 4.78 is 36.0. The second-order valence-corrected chi connectivity index (χ2v) is 34.1. The molecule has 0 saturated carbocycles. The molecule has 16 amide bonds. The molecule has 764 valence electrons. The minimum Gasteiger partial charge on any atom is -0.481 e. The van der Waals surface area contributed by atoms with Gasteiger partial charge in [-0.3, -0.25) is 86.5 Å². The van der Waals surface area contributed by atoms with Gasteiger partial charge in [-0.1, -0.05) is 13.8 Å². The molecular weight excluding hydrogens is 1810 g/mol. The highest BCUT2D eigenvalue weighted by molar-refractivity contribution is 6.01. The van der Waals surface area contributed by atoms with Crippen LogP contribution in [0.15, 0.2) is 17.5 Å². The average molecular weight is 1940 g/mol. The largest absolute Gasteiger partial charge is 0.481 e. The quantitative estimate of drug-likeness (QED) is 0.0164. The molecule has 7 heterocycles. The van der Waals surface area contributed by atoms with Crippen molar-refractivity contribution >= 4 is 106 Å². The number of aromatic amines is 1. The second kappa shape index (κ2) is 52.4. The fourth-order valence-corrected chi connectivity index (χ4v) is 16.1. The third kappa shape index (κ3) is 30.6. The van der Waals surface area contributed by atoms with Crippen LogP contribution in [0.4, 0.5) is 0 Å². The minimum absolute atomic E-state index is 0.00107. The lowest BCUT2D eigenvalue weighted by molar-refractivity contribution is -0.352. The monoisotopic (exact) mass is 1940 g/mol. The Kier molecular flexibility index (Phi) is 43.0. The van der Waals surface area contributed by atoms with Gasteiger partial charge in [0.1, 0.15) is 140 Å². The third-order valence-corrected chi connectivity index (χ3v) is 23.4. The number of aromatic nitrogens is 2. The van der Waals surface area contributed by atoms with E-state index in [9.17, 15) is 133 Å². The summed E-state index contributed by atoms with van der Waals surface area (Å²) >= 11 is 0. The Bertz CT molecular complexity index is 4330. The molecule has 31 N–H and O–H groups in total. The highest BCUT2D eigenvalue weighted by atomic mass is 16.7. The van der Waals surface area contributed by atoms with Gasteiger partial charge in [-0.05, 0) is 85.0 Å². The predicted octanol–water partition coefficient (Wildman–Crippen LogP) is -16.2. The SMILES string of the molecule is CNC(=O)CNC(=O)C1CCCN1C(=O)C(C)NC(=O)C1CCCN1C(=O)C(CCCN=C(N)N)NC(=O)C(NC(=O)C(CC(=O)O)NC(=O)C1CCCN1C(=O)C(C)NC(=O)C(CO)NC(=O)C(NC(=O)C(NC(=O)CNC(=O)C(N)Cc1cnc[nH]1)C(C)C)C(C)O[C@H]1O[C@H](CO[C@H]2O[C@H](CO)[C@@H](O)C(O)C2NC(C)=O)[C@@H](O)C(O[C@H]2O[C@H](CO)[C@@H](O)C(O)C2O)C1NC(C)=O)C(C)O. The number of hydrogen-bond acceptors (Lipinski definition) is 36. The first-order valence-electron chi connectivity index (χ1n) is 44.3. The number of likely N-dealkylation sites (tertiary alicyclic amines) is 3. The van der Waals surface area contributed by atoms with E-state index in [4.69, 9.17) is 45.6 Å². The summed E-state index contributed by atoms with van der Waals surface area (Å²) in [6, 6.07) is -23.2. The number of aliphatic carboxylic acids is 1. The number of imidazole rings is 1. The lowest BCUT2D eigenvalue weighted by Crippen LogP contribution is -2.69. The molecule has 0 aromatic carbocycles. The topological polar surface area (TPSA) is 853 Å². The summed E-state index contributed by atoms with van der Waals surface area (Å²) in [5, 5.41) is 150. The Morgan fingerprint density at radius 2 is 1.07 bits per heavy atom. The van der Waals surface area contributed by atoms with Crippen molar-refractivity contribution in [1.82, 2.24) is 93.8 Å². The minimum atomic E-state index is -2.23. The molecule has 29 atom stereocenters. The molecule has 56 nitrogen and oxygen atoms in total. The van der Waals surface area contributed by atoms with E-state index in [1.807, 2.05) is 0 Å². The van der Waals surface area contributed by atoms with Crippen LogP contribution in [0.1, 0.15) is 119 Å². The normalized spacial score (nSPS) is 27.3. The Morgan fingerprint density at radius 1 is 0.551 bits per heavy atom. The van der Waals surface area contributed by atoms with Crippen LogP contribution in [0.25, 0.3) is 0 Å². The van der Waals surface area contributed by atoms with Crippen molar-refractivity contribution in [2.45, 2.75) is 296 Å². The molecule has 0 radical (unpaired) electrons. The molecule has 6 fully saturated rings. The molecular formula is C80H130N22O34. The zero-order valence-electron chi connectivity index (χ0n) is 76.4. The Hall–Kier alpha value is -11.2. The van der Waals surface area contributed by atoms with Gasteiger partial charge in [0.2, 0.25) is 94.5 Å². The number of rotatable bonds is 47.